The third kappa shape index (κ3) is 3.29. The fourth-order valence-corrected chi connectivity index (χ4v) is 3.24. The molecule has 9 heteroatoms. The summed E-state index contributed by atoms with van der Waals surface area (Å²) in [4.78, 5) is 7.71. The SMILES string of the molecule is O=S1(=O)NC(=NCCc2cccnc2)Nc2cc(F)c(F)cc21. The lowest BCUT2D eigenvalue weighted by molar-refractivity contribution is 0.505. The van der Waals surface area contributed by atoms with Crippen LogP contribution in [0.15, 0.2) is 46.5 Å². The van der Waals surface area contributed by atoms with Crippen molar-refractivity contribution in [1.29, 1.82) is 0 Å². The Labute approximate surface area is 131 Å². The van der Waals surface area contributed by atoms with E-state index in [9.17, 15) is 17.2 Å². The quantitative estimate of drug-likeness (QED) is 0.892. The van der Waals surface area contributed by atoms with Crippen LogP contribution in [0.3, 0.4) is 0 Å². The third-order valence-corrected chi connectivity index (χ3v) is 4.57. The fraction of sp³-hybridized carbons (Fsp3) is 0.143. The van der Waals surface area contributed by atoms with Gasteiger partial charge in [-0.25, -0.2) is 21.9 Å². The van der Waals surface area contributed by atoms with Gasteiger partial charge in [0.05, 0.1) is 5.69 Å². The number of nitrogens with zero attached hydrogens (tertiary/aromatic N) is 2. The standard InChI is InChI=1S/C14H12F2N4O2S/c15-10-6-12-13(7-11(10)16)23(21,22)20-14(19-12)18-5-3-9-2-1-4-17-8-9/h1-2,4,6-8H,3,5H2,(H2,18,19,20). The van der Waals surface area contributed by atoms with Crippen molar-refractivity contribution in [2.75, 3.05) is 11.9 Å². The molecule has 1 aliphatic heterocycles. The second kappa shape index (κ2) is 5.92. The van der Waals surface area contributed by atoms with E-state index in [2.05, 4.69) is 20.0 Å². The maximum atomic E-state index is 13.3. The van der Waals surface area contributed by atoms with Gasteiger partial charge in [0.2, 0.25) is 5.96 Å². The Morgan fingerprint density at radius 3 is 2.74 bits per heavy atom. The predicted molar refractivity (Wildman–Crippen MR) is 80.5 cm³/mol. The predicted octanol–water partition coefficient (Wildman–Crippen LogP) is 1.66. The zero-order chi connectivity index (χ0) is 16.4. The van der Waals surface area contributed by atoms with Crippen molar-refractivity contribution in [2.45, 2.75) is 11.3 Å². The van der Waals surface area contributed by atoms with E-state index in [4.69, 9.17) is 0 Å². The van der Waals surface area contributed by atoms with Crippen LogP contribution in [-0.4, -0.2) is 25.9 Å². The van der Waals surface area contributed by atoms with E-state index in [1.54, 1.807) is 18.5 Å². The molecule has 2 aromatic rings. The van der Waals surface area contributed by atoms with E-state index in [1.165, 1.54) is 0 Å². The highest BCUT2D eigenvalue weighted by Gasteiger charge is 2.28. The summed E-state index contributed by atoms with van der Waals surface area (Å²) >= 11 is 0. The number of nitrogens with one attached hydrogen (secondary N) is 2. The summed E-state index contributed by atoms with van der Waals surface area (Å²) in [5.74, 6) is -2.40. The molecule has 0 fully saturated rings. The van der Waals surface area contributed by atoms with Crippen molar-refractivity contribution in [1.82, 2.24) is 9.71 Å². The fourth-order valence-electron chi connectivity index (χ4n) is 2.10. The number of anilines is 1. The van der Waals surface area contributed by atoms with E-state index in [1.807, 2.05) is 6.07 Å². The Morgan fingerprint density at radius 1 is 1.22 bits per heavy atom. The summed E-state index contributed by atoms with van der Waals surface area (Å²) in [6, 6.07) is 5.09. The van der Waals surface area contributed by atoms with Gasteiger partial charge >= 0.3 is 0 Å². The Bertz CT molecular complexity index is 870. The molecule has 0 saturated heterocycles. The number of hydrogen-bond donors (Lipinski definition) is 2. The number of aliphatic imine (C=N–C) groups is 1. The van der Waals surface area contributed by atoms with Crippen molar-refractivity contribution >= 4 is 21.7 Å². The summed E-state index contributed by atoms with van der Waals surface area (Å²) in [6.07, 6.45) is 3.90. The number of hydrogen-bond acceptors (Lipinski definition) is 4. The largest absolute Gasteiger partial charge is 0.324 e. The highest BCUT2D eigenvalue weighted by Crippen LogP contribution is 2.27. The van der Waals surface area contributed by atoms with Gasteiger partial charge in [0.25, 0.3) is 10.0 Å². The van der Waals surface area contributed by atoms with Crippen molar-refractivity contribution in [3.8, 4) is 0 Å². The van der Waals surface area contributed by atoms with Gasteiger partial charge in [-0.05, 0) is 24.1 Å². The molecule has 0 saturated carbocycles. The molecule has 0 unspecified atom stereocenters. The van der Waals surface area contributed by atoms with Crippen LogP contribution in [0.4, 0.5) is 14.5 Å². The van der Waals surface area contributed by atoms with Gasteiger partial charge < -0.3 is 5.32 Å². The molecule has 0 aliphatic carbocycles. The first-order chi connectivity index (χ1) is 11.0. The second-order valence-electron chi connectivity index (χ2n) is 4.83. The molecule has 0 radical (unpaired) electrons. The van der Waals surface area contributed by atoms with E-state index in [0.717, 1.165) is 11.6 Å². The van der Waals surface area contributed by atoms with Gasteiger partial charge in [-0.15, -0.1) is 0 Å². The summed E-state index contributed by atoms with van der Waals surface area (Å²) < 4.78 is 52.8. The normalized spacial score (nSPS) is 17.2. The van der Waals surface area contributed by atoms with Crippen molar-refractivity contribution in [3.05, 3.63) is 53.9 Å². The zero-order valence-corrected chi connectivity index (χ0v) is 12.6. The van der Waals surface area contributed by atoms with Gasteiger partial charge in [-0.3, -0.25) is 9.98 Å². The molecule has 2 heterocycles. The monoisotopic (exact) mass is 338 g/mol. The molecular formula is C14H12F2N4O2S. The average Bonchev–Trinajstić information content (AvgIpc) is 2.50. The van der Waals surface area contributed by atoms with Gasteiger partial charge in [-0.1, -0.05) is 6.07 Å². The van der Waals surface area contributed by atoms with Gasteiger partial charge in [0.15, 0.2) is 11.6 Å². The number of aromatic nitrogens is 1. The molecule has 6 nitrogen and oxygen atoms in total. The van der Waals surface area contributed by atoms with E-state index in [-0.39, 0.29) is 16.5 Å². The number of rotatable bonds is 3. The number of sulfonamides is 1. The number of benzene rings is 1. The summed E-state index contributed by atoms with van der Waals surface area (Å²) in [6.45, 7) is 0.301. The van der Waals surface area contributed by atoms with Gasteiger partial charge in [0, 0.05) is 25.0 Å². The van der Waals surface area contributed by atoms with Crippen molar-refractivity contribution in [3.63, 3.8) is 0 Å². The lowest BCUT2D eigenvalue weighted by Crippen LogP contribution is -2.41. The van der Waals surface area contributed by atoms with Crippen molar-refractivity contribution in [2.24, 2.45) is 4.99 Å². The van der Waals surface area contributed by atoms with Gasteiger partial charge in [-0.2, -0.15) is 0 Å². The highest BCUT2D eigenvalue weighted by molar-refractivity contribution is 7.90. The van der Waals surface area contributed by atoms with Crippen molar-refractivity contribution < 1.29 is 17.2 Å². The third-order valence-electron chi connectivity index (χ3n) is 3.19. The van der Waals surface area contributed by atoms with Gasteiger partial charge in [0.1, 0.15) is 4.90 Å². The zero-order valence-electron chi connectivity index (χ0n) is 11.8. The highest BCUT2D eigenvalue weighted by atomic mass is 32.2. The molecule has 0 amide bonds. The van der Waals surface area contributed by atoms with Crippen LogP contribution in [0.1, 0.15) is 5.56 Å². The lowest BCUT2D eigenvalue weighted by Gasteiger charge is -2.21. The summed E-state index contributed by atoms with van der Waals surface area (Å²) in [5, 5.41) is 2.64. The molecule has 120 valence electrons. The van der Waals surface area contributed by atoms with Crippen LogP contribution in [0.25, 0.3) is 0 Å². The summed E-state index contributed by atoms with van der Waals surface area (Å²) in [5.41, 5.74) is 0.895. The average molecular weight is 338 g/mol. The lowest BCUT2D eigenvalue weighted by atomic mass is 10.2. The van der Waals surface area contributed by atoms with Crippen LogP contribution < -0.4 is 10.0 Å². The molecule has 2 N–H and O–H groups in total. The minimum atomic E-state index is -3.99. The molecule has 0 atom stereocenters. The summed E-state index contributed by atoms with van der Waals surface area (Å²) in [7, 11) is -3.99. The van der Waals surface area contributed by atoms with Crippen LogP contribution >= 0.6 is 0 Å². The first-order valence-corrected chi connectivity index (χ1v) is 8.16. The number of guanidine groups is 1. The molecule has 1 aromatic carbocycles. The minimum absolute atomic E-state index is 0.0348. The Balaban J connectivity index is 1.81. The molecule has 0 spiro atoms. The Kier molecular flexibility index (Phi) is 3.95. The first-order valence-electron chi connectivity index (χ1n) is 6.68. The number of halogens is 2. The molecule has 1 aromatic heterocycles. The minimum Gasteiger partial charge on any atom is -0.324 e. The Hall–Kier alpha value is -2.55. The number of fused-ring (bicyclic) bond motifs is 1. The number of pyridine rings is 1. The maximum Gasteiger partial charge on any atom is 0.266 e. The topological polar surface area (TPSA) is 83.5 Å². The first kappa shape index (κ1) is 15.3. The molecule has 3 rings (SSSR count). The van der Waals surface area contributed by atoms with E-state index < -0.39 is 21.7 Å². The molecule has 1 aliphatic rings. The molecule has 23 heavy (non-hydrogen) atoms. The smallest absolute Gasteiger partial charge is 0.266 e. The van der Waals surface area contributed by atoms with Crippen LogP contribution in [0.2, 0.25) is 0 Å². The van der Waals surface area contributed by atoms with E-state index in [0.29, 0.717) is 19.0 Å². The molecule has 0 bridgehead atoms. The van der Waals surface area contributed by atoms with E-state index >= 15 is 0 Å². The van der Waals surface area contributed by atoms with Crippen LogP contribution in [-0.2, 0) is 16.4 Å². The Morgan fingerprint density at radius 2 is 2.00 bits per heavy atom. The van der Waals surface area contributed by atoms with Crippen LogP contribution in [0, 0.1) is 11.6 Å². The second-order valence-corrected chi connectivity index (χ2v) is 6.49. The van der Waals surface area contributed by atoms with Crippen LogP contribution in [0.5, 0.6) is 0 Å². The maximum absolute atomic E-state index is 13.3. The molecular weight excluding hydrogens is 326 g/mol.